The van der Waals surface area contributed by atoms with E-state index in [1.54, 1.807) is 78.8 Å². The molecule has 0 radical (unpaired) electrons. The predicted octanol–water partition coefficient (Wildman–Crippen LogP) is 6.41. The fraction of sp³-hybridized carbons (Fsp3) is 0.212. The standard InChI is InChI=1S/C33H29F3N4O4/c1-3-43-26-16-12-25(13-17-26)40-31(38-29-9-5-4-8-28(29)32(40)42)22(2)39(21-24-7-6-18-37-20-24)30(41)19-23-10-14-27(15-11-23)44-33(34,35)36/h4-18,20,22H,3,19,21H2,1-2H3/t22-/m1/s1. The Balaban J connectivity index is 1.56. The van der Waals surface area contributed by atoms with Gasteiger partial charge in [0, 0.05) is 18.9 Å². The van der Waals surface area contributed by atoms with E-state index in [2.05, 4.69) is 9.72 Å². The van der Waals surface area contributed by atoms with Crippen molar-refractivity contribution in [2.45, 2.75) is 39.2 Å². The summed E-state index contributed by atoms with van der Waals surface area (Å²) in [5, 5.41) is 0.420. The van der Waals surface area contributed by atoms with Crippen LogP contribution in [0.15, 0.2) is 102 Å². The van der Waals surface area contributed by atoms with Crippen LogP contribution in [0.4, 0.5) is 13.2 Å². The Kier molecular flexibility index (Phi) is 8.94. The summed E-state index contributed by atoms with van der Waals surface area (Å²) < 4.78 is 48.9. The first-order valence-corrected chi connectivity index (χ1v) is 13.9. The zero-order valence-electron chi connectivity index (χ0n) is 24.0. The van der Waals surface area contributed by atoms with Gasteiger partial charge in [-0.3, -0.25) is 19.1 Å². The van der Waals surface area contributed by atoms with Gasteiger partial charge in [-0.05, 0) is 79.6 Å². The summed E-state index contributed by atoms with van der Waals surface area (Å²) in [6, 6.07) is 22.1. The van der Waals surface area contributed by atoms with Crippen LogP contribution in [0, 0.1) is 0 Å². The molecule has 226 valence electrons. The molecular weight excluding hydrogens is 573 g/mol. The first-order chi connectivity index (χ1) is 21.1. The molecule has 0 aliphatic heterocycles. The molecule has 0 aliphatic carbocycles. The lowest BCUT2D eigenvalue weighted by Crippen LogP contribution is -2.38. The SMILES string of the molecule is CCOc1ccc(-n2c([C@@H](C)N(Cc3cccnc3)C(=O)Cc3ccc(OC(F)(F)F)cc3)nc3ccccc3c2=O)cc1. The number of para-hydroxylation sites is 1. The molecule has 0 spiro atoms. The van der Waals surface area contributed by atoms with Gasteiger partial charge in [-0.2, -0.15) is 0 Å². The minimum absolute atomic E-state index is 0.113. The van der Waals surface area contributed by atoms with Crippen molar-refractivity contribution in [1.29, 1.82) is 0 Å². The zero-order chi connectivity index (χ0) is 31.3. The summed E-state index contributed by atoms with van der Waals surface area (Å²) in [5.74, 6) is 0.275. The lowest BCUT2D eigenvalue weighted by molar-refractivity contribution is -0.274. The van der Waals surface area contributed by atoms with Crippen LogP contribution in [-0.2, 0) is 17.8 Å². The Morgan fingerprint density at radius 1 is 0.932 bits per heavy atom. The number of carbonyl (C=O) groups excluding carboxylic acids is 1. The largest absolute Gasteiger partial charge is 0.573 e. The molecule has 0 aliphatic rings. The minimum Gasteiger partial charge on any atom is -0.494 e. The van der Waals surface area contributed by atoms with Gasteiger partial charge in [-0.1, -0.05) is 30.3 Å². The van der Waals surface area contributed by atoms with Gasteiger partial charge in [-0.25, -0.2) is 4.98 Å². The van der Waals surface area contributed by atoms with Gasteiger partial charge in [0.2, 0.25) is 5.91 Å². The summed E-state index contributed by atoms with van der Waals surface area (Å²) in [6.45, 7) is 4.30. The first kappa shape index (κ1) is 30.3. The number of alkyl halides is 3. The van der Waals surface area contributed by atoms with Crippen molar-refractivity contribution in [2.75, 3.05) is 6.61 Å². The van der Waals surface area contributed by atoms with Gasteiger partial charge in [-0.15, -0.1) is 13.2 Å². The molecule has 5 rings (SSSR count). The molecule has 5 aromatic rings. The predicted molar refractivity (Wildman–Crippen MR) is 159 cm³/mol. The molecule has 0 fully saturated rings. The van der Waals surface area contributed by atoms with Crippen molar-refractivity contribution in [1.82, 2.24) is 19.4 Å². The van der Waals surface area contributed by atoms with E-state index in [4.69, 9.17) is 9.72 Å². The lowest BCUT2D eigenvalue weighted by Gasteiger charge is -2.31. The molecule has 2 heterocycles. The summed E-state index contributed by atoms with van der Waals surface area (Å²) in [6.07, 6.45) is -1.67. The summed E-state index contributed by atoms with van der Waals surface area (Å²) in [4.78, 5) is 38.5. The van der Waals surface area contributed by atoms with Gasteiger partial charge in [0.1, 0.15) is 17.3 Å². The molecule has 2 aromatic heterocycles. The molecule has 1 amide bonds. The number of pyridine rings is 1. The number of rotatable bonds is 10. The molecule has 0 bridgehead atoms. The van der Waals surface area contributed by atoms with E-state index in [0.717, 1.165) is 5.56 Å². The second kappa shape index (κ2) is 13.0. The maximum absolute atomic E-state index is 13.9. The van der Waals surface area contributed by atoms with Crippen LogP contribution >= 0.6 is 0 Å². The highest BCUT2D eigenvalue weighted by Crippen LogP contribution is 2.27. The number of amides is 1. The number of fused-ring (bicyclic) bond motifs is 1. The quantitative estimate of drug-likeness (QED) is 0.184. The highest BCUT2D eigenvalue weighted by atomic mass is 19.4. The van der Waals surface area contributed by atoms with Crippen molar-refractivity contribution < 1.29 is 27.4 Å². The number of aromatic nitrogens is 3. The fourth-order valence-electron chi connectivity index (χ4n) is 4.89. The normalized spacial score (nSPS) is 12.1. The van der Waals surface area contributed by atoms with Crippen LogP contribution in [-0.4, -0.2) is 38.3 Å². The average Bonchev–Trinajstić information content (AvgIpc) is 3.01. The number of ether oxygens (including phenoxy) is 2. The Hall–Kier alpha value is -5.19. The summed E-state index contributed by atoms with van der Waals surface area (Å²) in [5.41, 5.74) is 1.97. The minimum atomic E-state index is -4.82. The highest BCUT2D eigenvalue weighted by Gasteiger charge is 2.31. The molecule has 1 atom stereocenters. The van der Waals surface area contributed by atoms with E-state index in [1.165, 1.54) is 28.8 Å². The van der Waals surface area contributed by atoms with Crippen LogP contribution in [0.25, 0.3) is 16.6 Å². The molecule has 11 heteroatoms. The third-order valence-corrected chi connectivity index (χ3v) is 6.96. The van der Waals surface area contributed by atoms with Crippen molar-refractivity contribution in [2.24, 2.45) is 0 Å². The second-order valence-electron chi connectivity index (χ2n) is 9.98. The summed E-state index contributed by atoms with van der Waals surface area (Å²) in [7, 11) is 0. The average molecular weight is 603 g/mol. The van der Waals surface area contributed by atoms with Crippen molar-refractivity contribution in [3.8, 4) is 17.2 Å². The molecular formula is C33H29F3N4O4. The number of halogens is 3. The Morgan fingerprint density at radius 2 is 1.64 bits per heavy atom. The third-order valence-electron chi connectivity index (χ3n) is 6.96. The number of benzene rings is 3. The number of nitrogens with zero attached hydrogens (tertiary/aromatic N) is 4. The molecule has 8 nitrogen and oxygen atoms in total. The van der Waals surface area contributed by atoms with Gasteiger partial charge >= 0.3 is 6.36 Å². The second-order valence-corrected chi connectivity index (χ2v) is 9.98. The first-order valence-electron chi connectivity index (χ1n) is 13.9. The van der Waals surface area contributed by atoms with Crippen LogP contribution in [0.3, 0.4) is 0 Å². The Labute approximate surface area is 251 Å². The van der Waals surface area contributed by atoms with Crippen LogP contribution in [0.5, 0.6) is 11.5 Å². The number of carbonyl (C=O) groups is 1. The zero-order valence-corrected chi connectivity index (χ0v) is 24.0. The Morgan fingerprint density at radius 3 is 2.30 bits per heavy atom. The number of hydrogen-bond donors (Lipinski definition) is 0. The molecule has 0 saturated carbocycles. The monoisotopic (exact) mass is 602 g/mol. The molecule has 44 heavy (non-hydrogen) atoms. The van der Waals surface area contributed by atoms with E-state index in [0.29, 0.717) is 40.3 Å². The van der Waals surface area contributed by atoms with Gasteiger partial charge in [0.15, 0.2) is 0 Å². The van der Waals surface area contributed by atoms with Crippen LogP contribution in [0.2, 0.25) is 0 Å². The van der Waals surface area contributed by atoms with Gasteiger partial charge in [0.25, 0.3) is 5.56 Å². The smallest absolute Gasteiger partial charge is 0.494 e. The Bertz CT molecular complexity index is 1790. The van der Waals surface area contributed by atoms with Crippen molar-refractivity contribution >= 4 is 16.8 Å². The lowest BCUT2D eigenvalue weighted by atomic mass is 10.1. The summed E-state index contributed by atoms with van der Waals surface area (Å²) >= 11 is 0. The van der Waals surface area contributed by atoms with Crippen LogP contribution < -0.4 is 15.0 Å². The van der Waals surface area contributed by atoms with Crippen molar-refractivity contribution in [3.63, 3.8) is 0 Å². The van der Waals surface area contributed by atoms with Gasteiger partial charge in [0.05, 0.1) is 35.7 Å². The molecule has 0 saturated heterocycles. The third kappa shape index (κ3) is 7.05. The maximum Gasteiger partial charge on any atom is 0.573 e. The topological polar surface area (TPSA) is 86.6 Å². The van der Waals surface area contributed by atoms with Crippen molar-refractivity contribution in [3.05, 3.63) is 125 Å². The molecule has 0 unspecified atom stereocenters. The highest BCUT2D eigenvalue weighted by molar-refractivity contribution is 5.80. The van der Waals surface area contributed by atoms with E-state index in [1.807, 2.05) is 13.0 Å². The maximum atomic E-state index is 13.9. The molecule has 3 aromatic carbocycles. The van der Waals surface area contributed by atoms with E-state index >= 15 is 0 Å². The fourth-order valence-corrected chi connectivity index (χ4v) is 4.89. The van der Waals surface area contributed by atoms with Crippen LogP contribution in [0.1, 0.15) is 36.8 Å². The van der Waals surface area contributed by atoms with E-state index in [-0.39, 0.29) is 30.2 Å². The van der Waals surface area contributed by atoms with E-state index < -0.39 is 12.4 Å². The number of hydrogen-bond acceptors (Lipinski definition) is 6. The molecule has 0 N–H and O–H groups in total. The van der Waals surface area contributed by atoms with E-state index in [9.17, 15) is 22.8 Å². The van der Waals surface area contributed by atoms with Gasteiger partial charge < -0.3 is 14.4 Å².